The molecule has 1 aliphatic rings. The summed E-state index contributed by atoms with van der Waals surface area (Å²) in [4.78, 5) is 0.385. The van der Waals surface area contributed by atoms with Crippen LogP contribution in [0.15, 0.2) is 29.2 Å². The quantitative estimate of drug-likeness (QED) is 0.924. The van der Waals surface area contributed by atoms with Crippen LogP contribution in [0.2, 0.25) is 0 Å². The van der Waals surface area contributed by atoms with Crippen LogP contribution in [0, 0.1) is 5.41 Å². The first-order valence-electron chi connectivity index (χ1n) is 7.14. The lowest BCUT2D eigenvalue weighted by Gasteiger charge is -2.37. The Hall–Kier alpha value is -0.910. The van der Waals surface area contributed by atoms with Crippen LogP contribution in [0.3, 0.4) is 0 Å². The van der Waals surface area contributed by atoms with Crippen LogP contribution < -0.4 is 5.73 Å². The number of benzene rings is 1. The Morgan fingerprint density at radius 3 is 2.45 bits per heavy atom. The van der Waals surface area contributed by atoms with Crippen LogP contribution in [0.5, 0.6) is 0 Å². The molecule has 0 atom stereocenters. The van der Waals surface area contributed by atoms with Gasteiger partial charge in [0.1, 0.15) is 0 Å². The first kappa shape index (κ1) is 15.5. The molecule has 2 N–H and O–H groups in total. The summed E-state index contributed by atoms with van der Waals surface area (Å²) in [5, 5.41) is 0. The van der Waals surface area contributed by atoms with Gasteiger partial charge in [-0.3, -0.25) is 0 Å². The third-order valence-electron chi connectivity index (χ3n) is 3.86. The highest BCUT2D eigenvalue weighted by molar-refractivity contribution is 7.89. The molecule has 0 radical (unpaired) electrons. The number of hydrogen-bond acceptors (Lipinski definition) is 3. The molecule has 5 heteroatoms. The van der Waals surface area contributed by atoms with Crippen molar-refractivity contribution in [2.45, 2.75) is 38.0 Å². The number of piperidine rings is 1. The lowest BCUT2D eigenvalue weighted by Crippen LogP contribution is -2.43. The Kier molecular flexibility index (Phi) is 4.52. The topological polar surface area (TPSA) is 63.4 Å². The maximum absolute atomic E-state index is 12.6. The van der Waals surface area contributed by atoms with Crippen molar-refractivity contribution in [1.82, 2.24) is 4.31 Å². The molecule has 1 aromatic carbocycles. The van der Waals surface area contributed by atoms with E-state index >= 15 is 0 Å². The smallest absolute Gasteiger partial charge is 0.243 e. The van der Waals surface area contributed by atoms with Gasteiger partial charge in [0.15, 0.2) is 0 Å². The summed E-state index contributed by atoms with van der Waals surface area (Å²) >= 11 is 0. The van der Waals surface area contributed by atoms with Gasteiger partial charge in [-0.15, -0.1) is 0 Å². The van der Waals surface area contributed by atoms with Crippen LogP contribution in [0.4, 0.5) is 0 Å². The van der Waals surface area contributed by atoms with Crippen molar-refractivity contribution in [3.05, 3.63) is 29.8 Å². The van der Waals surface area contributed by atoms with Crippen LogP contribution >= 0.6 is 0 Å². The van der Waals surface area contributed by atoms with Gasteiger partial charge in [-0.25, -0.2) is 8.42 Å². The molecule has 0 saturated carbocycles. The first-order valence-corrected chi connectivity index (χ1v) is 8.58. The predicted octanol–water partition coefficient (Wildman–Crippen LogP) is 2.00. The van der Waals surface area contributed by atoms with Crippen molar-refractivity contribution in [3.63, 3.8) is 0 Å². The van der Waals surface area contributed by atoms with Crippen molar-refractivity contribution < 1.29 is 8.42 Å². The Labute approximate surface area is 122 Å². The first-order chi connectivity index (χ1) is 9.35. The molecule has 2 rings (SSSR count). The van der Waals surface area contributed by atoms with E-state index in [1.54, 1.807) is 16.4 Å². The minimum absolute atomic E-state index is 0.0603. The molecule has 0 aromatic heterocycles. The van der Waals surface area contributed by atoms with Gasteiger partial charge in [-0.2, -0.15) is 4.31 Å². The minimum atomic E-state index is -3.36. The molecular formula is C15H24N2O2S. The number of nitrogens with zero attached hydrogens (tertiary/aromatic N) is 1. The summed E-state index contributed by atoms with van der Waals surface area (Å²) in [5.74, 6) is 0. The fraction of sp³-hybridized carbons (Fsp3) is 0.600. The molecular weight excluding hydrogens is 272 g/mol. The molecule has 1 heterocycles. The summed E-state index contributed by atoms with van der Waals surface area (Å²) in [6, 6.07) is 7.10. The number of sulfonamides is 1. The molecule has 0 spiro atoms. The molecule has 112 valence electrons. The fourth-order valence-corrected chi connectivity index (χ4v) is 4.39. The maximum Gasteiger partial charge on any atom is 0.243 e. The largest absolute Gasteiger partial charge is 0.330 e. The standard InChI is InChI=1S/C15H24N2O2S/c1-15(2)9-3-11-17(12-15)20(18,19)14-6-4-13(5-7-14)8-10-16/h4-7H,3,8-12,16H2,1-2H3. The summed E-state index contributed by atoms with van der Waals surface area (Å²) in [5.41, 5.74) is 6.64. The highest BCUT2D eigenvalue weighted by Gasteiger charge is 2.33. The van der Waals surface area contributed by atoms with E-state index < -0.39 is 10.0 Å². The van der Waals surface area contributed by atoms with Gasteiger partial charge < -0.3 is 5.73 Å². The van der Waals surface area contributed by atoms with Gasteiger partial charge in [-0.1, -0.05) is 26.0 Å². The average Bonchev–Trinajstić information content (AvgIpc) is 2.38. The van der Waals surface area contributed by atoms with Crippen molar-refractivity contribution in [2.24, 2.45) is 11.1 Å². The third-order valence-corrected chi connectivity index (χ3v) is 5.72. The second-order valence-electron chi connectivity index (χ2n) is 6.29. The van der Waals surface area contributed by atoms with E-state index in [1.807, 2.05) is 12.1 Å². The summed E-state index contributed by atoms with van der Waals surface area (Å²) in [6.45, 7) is 6.04. The van der Waals surface area contributed by atoms with E-state index in [1.165, 1.54) is 0 Å². The van der Waals surface area contributed by atoms with Crippen LogP contribution in [0.25, 0.3) is 0 Å². The predicted molar refractivity (Wildman–Crippen MR) is 81.0 cm³/mol. The highest BCUT2D eigenvalue weighted by atomic mass is 32.2. The molecule has 20 heavy (non-hydrogen) atoms. The van der Waals surface area contributed by atoms with Gasteiger partial charge in [0, 0.05) is 13.1 Å². The zero-order valence-electron chi connectivity index (χ0n) is 12.3. The van der Waals surface area contributed by atoms with Crippen molar-refractivity contribution in [1.29, 1.82) is 0 Å². The molecule has 1 saturated heterocycles. The number of hydrogen-bond donors (Lipinski definition) is 1. The monoisotopic (exact) mass is 296 g/mol. The average molecular weight is 296 g/mol. The Morgan fingerprint density at radius 2 is 1.90 bits per heavy atom. The van der Waals surface area contributed by atoms with E-state index in [0.717, 1.165) is 24.8 Å². The van der Waals surface area contributed by atoms with Gasteiger partial charge in [0.05, 0.1) is 4.90 Å². The molecule has 0 bridgehead atoms. The molecule has 1 fully saturated rings. The second kappa shape index (κ2) is 5.84. The normalized spacial score (nSPS) is 19.9. The van der Waals surface area contributed by atoms with E-state index in [2.05, 4.69) is 13.8 Å². The Bertz CT molecular complexity index is 550. The van der Waals surface area contributed by atoms with Gasteiger partial charge in [0.2, 0.25) is 10.0 Å². The van der Waals surface area contributed by atoms with Gasteiger partial charge in [0.25, 0.3) is 0 Å². The van der Waals surface area contributed by atoms with Crippen molar-refractivity contribution in [2.75, 3.05) is 19.6 Å². The minimum Gasteiger partial charge on any atom is -0.330 e. The van der Waals surface area contributed by atoms with E-state index in [4.69, 9.17) is 5.73 Å². The fourth-order valence-electron chi connectivity index (χ4n) is 2.72. The summed E-state index contributed by atoms with van der Waals surface area (Å²) in [6.07, 6.45) is 2.78. The van der Waals surface area contributed by atoms with E-state index in [9.17, 15) is 8.42 Å². The Morgan fingerprint density at radius 1 is 1.25 bits per heavy atom. The van der Waals surface area contributed by atoms with Crippen LogP contribution in [0.1, 0.15) is 32.3 Å². The zero-order chi connectivity index (χ0) is 14.8. The van der Waals surface area contributed by atoms with Crippen molar-refractivity contribution in [3.8, 4) is 0 Å². The zero-order valence-corrected chi connectivity index (χ0v) is 13.1. The van der Waals surface area contributed by atoms with E-state index in [-0.39, 0.29) is 5.41 Å². The molecule has 1 aromatic rings. The van der Waals surface area contributed by atoms with Crippen LogP contribution in [-0.2, 0) is 16.4 Å². The lowest BCUT2D eigenvalue weighted by atomic mass is 9.85. The highest BCUT2D eigenvalue weighted by Crippen LogP contribution is 2.31. The third kappa shape index (κ3) is 3.40. The second-order valence-corrected chi connectivity index (χ2v) is 8.23. The van der Waals surface area contributed by atoms with Gasteiger partial charge in [-0.05, 0) is 48.9 Å². The SMILES string of the molecule is CC1(C)CCCN(S(=O)(=O)c2ccc(CCN)cc2)C1. The molecule has 1 aliphatic heterocycles. The summed E-state index contributed by atoms with van der Waals surface area (Å²) in [7, 11) is -3.36. The number of nitrogens with two attached hydrogens (primary N) is 1. The molecule has 0 unspecified atom stereocenters. The van der Waals surface area contributed by atoms with E-state index in [0.29, 0.717) is 24.5 Å². The molecule has 0 amide bonds. The molecule has 0 aliphatic carbocycles. The van der Waals surface area contributed by atoms with Gasteiger partial charge >= 0.3 is 0 Å². The van der Waals surface area contributed by atoms with Crippen molar-refractivity contribution >= 4 is 10.0 Å². The number of rotatable bonds is 4. The maximum atomic E-state index is 12.6. The lowest BCUT2D eigenvalue weighted by molar-refractivity contribution is 0.187. The van der Waals surface area contributed by atoms with Crippen LogP contribution in [-0.4, -0.2) is 32.4 Å². The summed E-state index contributed by atoms with van der Waals surface area (Å²) < 4.78 is 26.9. The molecule has 4 nitrogen and oxygen atoms in total. The Balaban J connectivity index is 2.21.